The Labute approximate surface area is 159 Å². The molecular formula is C21H34N2OS. The van der Waals surface area contributed by atoms with Crippen LogP contribution in [0.4, 0.5) is 5.69 Å². The van der Waals surface area contributed by atoms with Crippen LogP contribution < -0.4 is 10.6 Å². The van der Waals surface area contributed by atoms with Gasteiger partial charge in [0.2, 0.25) is 0 Å². The van der Waals surface area contributed by atoms with Crippen molar-refractivity contribution in [3.63, 3.8) is 0 Å². The van der Waals surface area contributed by atoms with Gasteiger partial charge in [0, 0.05) is 17.8 Å². The quantitative estimate of drug-likeness (QED) is 0.253. The van der Waals surface area contributed by atoms with Crippen molar-refractivity contribution in [1.29, 1.82) is 0 Å². The molecule has 0 amide bonds. The van der Waals surface area contributed by atoms with Crippen LogP contribution >= 0.6 is 12.2 Å². The van der Waals surface area contributed by atoms with E-state index < -0.39 is 0 Å². The number of thiocarbonyl (C=S) groups is 1. The van der Waals surface area contributed by atoms with Gasteiger partial charge in [0.15, 0.2) is 10.9 Å². The fraction of sp³-hybridized carbons (Fsp3) is 0.619. The molecule has 1 aromatic rings. The number of nitrogens with one attached hydrogen (secondary N) is 2. The smallest absolute Gasteiger partial charge is 0.170 e. The summed E-state index contributed by atoms with van der Waals surface area (Å²) in [5, 5.41) is 7.04. The fourth-order valence-corrected chi connectivity index (χ4v) is 3.00. The summed E-state index contributed by atoms with van der Waals surface area (Å²) in [6.07, 6.45) is 13.4. The second-order valence-corrected chi connectivity index (χ2v) is 7.10. The first-order chi connectivity index (χ1) is 12.1. The summed E-state index contributed by atoms with van der Waals surface area (Å²) in [7, 11) is 0. The largest absolute Gasteiger partial charge is 0.362 e. The van der Waals surface area contributed by atoms with Crippen molar-refractivity contribution in [3.8, 4) is 0 Å². The molecule has 0 fully saturated rings. The number of rotatable bonds is 13. The molecule has 0 saturated carbocycles. The van der Waals surface area contributed by atoms with E-state index in [-0.39, 0.29) is 5.78 Å². The first kappa shape index (κ1) is 21.6. The lowest BCUT2D eigenvalue weighted by Gasteiger charge is -2.10. The molecule has 0 aromatic heterocycles. The number of anilines is 1. The molecule has 0 spiro atoms. The van der Waals surface area contributed by atoms with Crippen LogP contribution in [0.3, 0.4) is 0 Å². The number of carbonyl (C=O) groups is 1. The van der Waals surface area contributed by atoms with Crippen molar-refractivity contribution in [2.24, 2.45) is 0 Å². The van der Waals surface area contributed by atoms with Crippen molar-refractivity contribution < 1.29 is 4.79 Å². The maximum atomic E-state index is 11.2. The number of benzene rings is 1. The van der Waals surface area contributed by atoms with E-state index in [0.717, 1.165) is 24.2 Å². The summed E-state index contributed by atoms with van der Waals surface area (Å²) in [5.41, 5.74) is 1.63. The molecule has 4 heteroatoms. The van der Waals surface area contributed by atoms with Crippen LogP contribution in [-0.4, -0.2) is 17.4 Å². The standard InChI is InChI=1S/C21H34N2OS/c1-3-4-5-6-7-8-9-10-11-12-17-22-21(25)23-20-15-13-19(14-16-20)18(2)24/h13-16H,3-12,17H2,1-2H3,(H2,22,23,25). The molecule has 0 bridgehead atoms. The maximum absolute atomic E-state index is 11.2. The molecule has 0 radical (unpaired) electrons. The third kappa shape index (κ3) is 10.9. The van der Waals surface area contributed by atoms with Gasteiger partial charge >= 0.3 is 0 Å². The lowest BCUT2D eigenvalue weighted by Crippen LogP contribution is -2.29. The predicted molar refractivity (Wildman–Crippen MR) is 113 cm³/mol. The zero-order valence-electron chi connectivity index (χ0n) is 15.9. The Morgan fingerprint density at radius 1 is 0.880 bits per heavy atom. The van der Waals surface area contributed by atoms with Gasteiger partial charge in [0.1, 0.15) is 0 Å². The van der Waals surface area contributed by atoms with Gasteiger partial charge in [0.05, 0.1) is 0 Å². The molecule has 1 aromatic carbocycles. The Kier molecular flexibility index (Phi) is 12.0. The highest BCUT2D eigenvalue weighted by molar-refractivity contribution is 7.80. The Morgan fingerprint density at radius 3 is 1.92 bits per heavy atom. The Balaban J connectivity index is 1.99. The summed E-state index contributed by atoms with van der Waals surface area (Å²) in [4.78, 5) is 11.2. The number of hydrogen-bond donors (Lipinski definition) is 2. The minimum atomic E-state index is 0.0770. The van der Waals surface area contributed by atoms with Crippen LogP contribution in [0, 0.1) is 0 Å². The van der Waals surface area contributed by atoms with Crippen LogP contribution in [0.25, 0.3) is 0 Å². The van der Waals surface area contributed by atoms with Gasteiger partial charge in [-0.15, -0.1) is 0 Å². The van der Waals surface area contributed by atoms with E-state index in [4.69, 9.17) is 12.2 Å². The Hall–Kier alpha value is -1.42. The van der Waals surface area contributed by atoms with Gasteiger partial charge in [-0.05, 0) is 49.8 Å². The Bertz CT molecular complexity index is 499. The van der Waals surface area contributed by atoms with Gasteiger partial charge in [-0.1, -0.05) is 64.7 Å². The van der Waals surface area contributed by atoms with E-state index in [0.29, 0.717) is 5.11 Å². The lowest BCUT2D eigenvalue weighted by molar-refractivity contribution is 0.101. The molecule has 0 unspecified atom stereocenters. The molecule has 25 heavy (non-hydrogen) atoms. The van der Waals surface area contributed by atoms with Gasteiger partial charge < -0.3 is 10.6 Å². The number of Topliss-reactive ketones (excluding diaryl/α,β-unsaturated/α-hetero) is 1. The average molecular weight is 363 g/mol. The van der Waals surface area contributed by atoms with E-state index in [1.165, 1.54) is 57.8 Å². The number of carbonyl (C=O) groups excluding carboxylic acids is 1. The Morgan fingerprint density at radius 2 is 1.40 bits per heavy atom. The van der Waals surface area contributed by atoms with Crippen molar-refractivity contribution >= 4 is 28.8 Å². The highest BCUT2D eigenvalue weighted by atomic mass is 32.1. The van der Waals surface area contributed by atoms with Crippen LogP contribution in [0.15, 0.2) is 24.3 Å². The van der Waals surface area contributed by atoms with Crippen LogP contribution in [0.1, 0.15) is 88.4 Å². The van der Waals surface area contributed by atoms with E-state index in [1.807, 2.05) is 24.3 Å². The highest BCUT2D eigenvalue weighted by Crippen LogP contribution is 2.11. The van der Waals surface area contributed by atoms with E-state index in [2.05, 4.69) is 17.6 Å². The fourth-order valence-electron chi connectivity index (χ4n) is 2.78. The second-order valence-electron chi connectivity index (χ2n) is 6.70. The summed E-state index contributed by atoms with van der Waals surface area (Å²) in [5.74, 6) is 0.0770. The summed E-state index contributed by atoms with van der Waals surface area (Å²) >= 11 is 5.30. The second kappa shape index (κ2) is 13.8. The summed E-state index contributed by atoms with van der Waals surface area (Å²) in [6.45, 7) is 4.74. The summed E-state index contributed by atoms with van der Waals surface area (Å²) in [6, 6.07) is 7.39. The number of hydrogen-bond acceptors (Lipinski definition) is 2. The normalized spacial score (nSPS) is 10.5. The first-order valence-electron chi connectivity index (χ1n) is 9.79. The van der Waals surface area contributed by atoms with Gasteiger partial charge in [-0.2, -0.15) is 0 Å². The SMILES string of the molecule is CCCCCCCCCCCCNC(=S)Nc1ccc(C(C)=O)cc1. The van der Waals surface area contributed by atoms with Crippen LogP contribution in [-0.2, 0) is 0 Å². The zero-order chi connectivity index (χ0) is 18.3. The van der Waals surface area contributed by atoms with E-state index in [9.17, 15) is 4.79 Å². The highest BCUT2D eigenvalue weighted by Gasteiger charge is 2.00. The summed E-state index contributed by atoms with van der Waals surface area (Å²) < 4.78 is 0. The van der Waals surface area contributed by atoms with Gasteiger partial charge in [-0.25, -0.2) is 0 Å². The molecule has 140 valence electrons. The van der Waals surface area contributed by atoms with Gasteiger partial charge in [-0.3, -0.25) is 4.79 Å². The van der Waals surface area contributed by atoms with Crippen molar-refractivity contribution in [2.75, 3.05) is 11.9 Å². The molecule has 0 atom stereocenters. The predicted octanol–water partition coefficient (Wildman–Crippen LogP) is 6.10. The minimum absolute atomic E-state index is 0.0770. The number of ketones is 1. The molecule has 0 saturated heterocycles. The molecule has 0 aliphatic rings. The molecule has 3 nitrogen and oxygen atoms in total. The van der Waals surface area contributed by atoms with Crippen molar-refractivity contribution in [1.82, 2.24) is 5.32 Å². The topological polar surface area (TPSA) is 41.1 Å². The molecular weight excluding hydrogens is 328 g/mol. The molecule has 2 N–H and O–H groups in total. The van der Waals surface area contributed by atoms with Crippen molar-refractivity contribution in [2.45, 2.75) is 78.1 Å². The molecule has 0 heterocycles. The minimum Gasteiger partial charge on any atom is -0.362 e. The average Bonchev–Trinajstić information content (AvgIpc) is 2.60. The first-order valence-corrected chi connectivity index (χ1v) is 10.2. The van der Waals surface area contributed by atoms with E-state index in [1.54, 1.807) is 6.92 Å². The third-order valence-electron chi connectivity index (χ3n) is 4.37. The molecule has 0 aliphatic carbocycles. The van der Waals surface area contributed by atoms with Crippen LogP contribution in [0.5, 0.6) is 0 Å². The zero-order valence-corrected chi connectivity index (χ0v) is 16.7. The maximum Gasteiger partial charge on any atom is 0.170 e. The number of unbranched alkanes of at least 4 members (excludes halogenated alkanes) is 9. The third-order valence-corrected chi connectivity index (χ3v) is 4.61. The lowest BCUT2D eigenvalue weighted by atomic mass is 10.1. The molecule has 0 aliphatic heterocycles. The molecule has 1 rings (SSSR count). The van der Waals surface area contributed by atoms with Gasteiger partial charge in [0.25, 0.3) is 0 Å². The monoisotopic (exact) mass is 362 g/mol. The van der Waals surface area contributed by atoms with E-state index >= 15 is 0 Å². The van der Waals surface area contributed by atoms with Crippen LogP contribution in [0.2, 0.25) is 0 Å². The van der Waals surface area contributed by atoms with Crippen molar-refractivity contribution in [3.05, 3.63) is 29.8 Å².